The summed E-state index contributed by atoms with van der Waals surface area (Å²) >= 11 is 1.87. The van der Waals surface area contributed by atoms with Crippen LogP contribution in [0.5, 0.6) is 0 Å². The highest BCUT2D eigenvalue weighted by Gasteiger charge is 2.12. The summed E-state index contributed by atoms with van der Waals surface area (Å²) in [6.45, 7) is 6.29. The summed E-state index contributed by atoms with van der Waals surface area (Å²) in [7, 11) is 0. The number of nitrogens with one attached hydrogen (secondary N) is 2. The molecule has 118 valence electrons. The normalized spacial score (nSPS) is 13.5. The predicted molar refractivity (Wildman–Crippen MR) is 89.8 cm³/mol. The molecule has 2 unspecified atom stereocenters. The molecule has 1 rings (SSSR count). The topological polar surface area (TPSA) is 61.4 Å². The number of hydrogen-bond donors (Lipinski definition) is 3. The monoisotopic (exact) mass is 310 g/mol. The van der Waals surface area contributed by atoms with Crippen molar-refractivity contribution in [1.29, 1.82) is 0 Å². The molecule has 0 heterocycles. The first-order valence-corrected chi connectivity index (χ1v) is 8.55. The molecule has 0 spiro atoms. The summed E-state index contributed by atoms with van der Waals surface area (Å²) in [5, 5.41) is 15.7. The molecule has 1 aromatic rings. The summed E-state index contributed by atoms with van der Waals surface area (Å²) in [4.78, 5) is 11.8. The van der Waals surface area contributed by atoms with Gasteiger partial charge in [0.1, 0.15) is 0 Å². The Balaban J connectivity index is 2.31. The quantitative estimate of drug-likeness (QED) is 0.647. The number of thioether (sulfide) groups is 1. The maximum absolute atomic E-state index is 11.8. The molecule has 0 aromatic heterocycles. The van der Waals surface area contributed by atoms with Gasteiger partial charge in [-0.25, -0.2) is 4.79 Å². The van der Waals surface area contributed by atoms with Gasteiger partial charge >= 0.3 is 6.03 Å². The molecule has 0 aliphatic heterocycles. The minimum atomic E-state index is -0.678. The van der Waals surface area contributed by atoms with E-state index in [0.717, 1.165) is 29.1 Å². The average Bonchev–Trinajstić information content (AvgIpc) is 2.45. The maximum atomic E-state index is 11.8. The summed E-state index contributed by atoms with van der Waals surface area (Å²) in [6, 6.07) is 7.56. The fourth-order valence-corrected chi connectivity index (χ4v) is 2.82. The Kier molecular flexibility index (Phi) is 8.23. The lowest BCUT2D eigenvalue weighted by Gasteiger charge is -2.17. The second-order valence-electron chi connectivity index (χ2n) is 5.11. The van der Waals surface area contributed by atoms with Crippen molar-refractivity contribution in [3.8, 4) is 0 Å². The second kappa shape index (κ2) is 9.68. The highest BCUT2D eigenvalue weighted by atomic mass is 32.2. The van der Waals surface area contributed by atoms with Crippen molar-refractivity contribution in [1.82, 2.24) is 10.6 Å². The van der Waals surface area contributed by atoms with E-state index in [1.807, 2.05) is 49.9 Å². The van der Waals surface area contributed by atoms with Crippen molar-refractivity contribution in [2.45, 2.75) is 39.3 Å². The first-order chi connectivity index (χ1) is 10.0. The standard InChI is InChI=1S/C16H26N2O2S/c1-4-21-10-9-13(3)18-16(20)17-11-15(19)14-8-6-5-7-12(14)2/h5-8,13,15,19H,4,9-11H2,1-3H3,(H2,17,18,20). The molecule has 1 aromatic carbocycles. The Morgan fingerprint density at radius 1 is 1.38 bits per heavy atom. The summed E-state index contributed by atoms with van der Waals surface area (Å²) in [6.07, 6.45) is 0.273. The highest BCUT2D eigenvalue weighted by Crippen LogP contribution is 2.16. The van der Waals surface area contributed by atoms with Gasteiger partial charge in [0.15, 0.2) is 0 Å². The SMILES string of the molecule is CCSCCC(C)NC(=O)NCC(O)c1ccccc1C. The third-order valence-corrected chi connectivity index (χ3v) is 4.21. The first kappa shape index (κ1) is 17.9. The fourth-order valence-electron chi connectivity index (χ4n) is 2.01. The molecule has 0 aliphatic rings. The van der Waals surface area contributed by atoms with E-state index in [0.29, 0.717) is 0 Å². The van der Waals surface area contributed by atoms with Crippen LogP contribution in [-0.2, 0) is 0 Å². The first-order valence-electron chi connectivity index (χ1n) is 7.40. The molecular formula is C16H26N2O2S. The number of amides is 2. The van der Waals surface area contributed by atoms with E-state index >= 15 is 0 Å². The van der Waals surface area contributed by atoms with E-state index in [-0.39, 0.29) is 18.6 Å². The zero-order valence-corrected chi connectivity index (χ0v) is 13.9. The molecule has 4 nitrogen and oxygen atoms in total. The van der Waals surface area contributed by atoms with Gasteiger partial charge in [0.25, 0.3) is 0 Å². The van der Waals surface area contributed by atoms with Crippen molar-refractivity contribution in [2.24, 2.45) is 0 Å². The maximum Gasteiger partial charge on any atom is 0.315 e. The lowest BCUT2D eigenvalue weighted by molar-refractivity contribution is 0.172. The summed E-state index contributed by atoms with van der Waals surface area (Å²) in [5.41, 5.74) is 1.88. The number of carbonyl (C=O) groups excluding carboxylic acids is 1. The largest absolute Gasteiger partial charge is 0.387 e. The van der Waals surface area contributed by atoms with E-state index in [2.05, 4.69) is 17.6 Å². The van der Waals surface area contributed by atoms with E-state index in [1.165, 1.54) is 0 Å². The minimum Gasteiger partial charge on any atom is -0.387 e. The molecule has 0 fully saturated rings. The van der Waals surface area contributed by atoms with Crippen molar-refractivity contribution >= 4 is 17.8 Å². The molecule has 0 radical (unpaired) electrons. The van der Waals surface area contributed by atoms with Gasteiger partial charge in [-0.05, 0) is 42.9 Å². The van der Waals surface area contributed by atoms with Gasteiger partial charge in [-0.3, -0.25) is 0 Å². The molecule has 0 saturated carbocycles. The minimum absolute atomic E-state index is 0.139. The number of benzene rings is 1. The smallest absolute Gasteiger partial charge is 0.315 e. The van der Waals surface area contributed by atoms with Gasteiger partial charge in [-0.1, -0.05) is 31.2 Å². The van der Waals surface area contributed by atoms with E-state index < -0.39 is 6.10 Å². The van der Waals surface area contributed by atoms with E-state index in [4.69, 9.17) is 0 Å². The van der Waals surface area contributed by atoms with Crippen LogP contribution in [-0.4, -0.2) is 35.2 Å². The number of hydrogen-bond acceptors (Lipinski definition) is 3. The van der Waals surface area contributed by atoms with Gasteiger partial charge in [0.05, 0.1) is 6.10 Å². The molecule has 2 amide bonds. The molecule has 2 atom stereocenters. The number of aliphatic hydroxyl groups is 1. The van der Waals surface area contributed by atoms with Crippen LogP contribution in [0, 0.1) is 6.92 Å². The fraction of sp³-hybridized carbons (Fsp3) is 0.562. The van der Waals surface area contributed by atoms with Crippen LogP contribution in [0.4, 0.5) is 4.79 Å². The van der Waals surface area contributed by atoms with Gasteiger partial charge < -0.3 is 15.7 Å². The van der Waals surface area contributed by atoms with Gasteiger partial charge in [-0.2, -0.15) is 11.8 Å². The molecule has 0 saturated heterocycles. The summed E-state index contributed by atoms with van der Waals surface area (Å²) in [5.74, 6) is 2.14. The lowest BCUT2D eigenvalue weighted by atomic mass is 10.0. The molecule has 0 bridgehead atoms. The van der Waals surface area contributed by atoms with Crippen LogP contribution in [0.25, 0.3) is 0 Å². The van der Waals surface area contributed by atoms with Crippen LogP contribution in [0.1, 0.15) is 37.5 Å². The zero-order chi connectivity index (χ0) is 15.7. The zero-order valence-electron chi connectivity index (χ0n) is 13.1. The van der Waals surface area contributed by atoms with Crippen LogP contribution in [0.2, 0.25) is 0 Å². The number of aryl methyl sites for hydroxylation is 1. The Morgan fingerprint density at radius 3 is 2.76 bits per heavy atom. The molecule has 0 aliphatic carbocycles. The Hall–Kier alpha value is -1.20. The second-order valence-corrected chi connectivity index (χ2v) is 6.51. The predicted octanol–water partition coefficient (Wildman–Crippen LogP) is 2.86. The third-order valence-electron chi connectivity index (χ3n) is 3.28. The molecular weight excluding hydrogens is 284 g/mol. The van der Waals surface area contributed by atoms with Crippen molar-refractivity contribution in [2.75, 3.05) is 18.1 Å². The van der Waals surface area contributed by atoms with Gasteiger partial charge in [0.2, 0.25) is 0 Å². The highest BCUT2D eigenvalue weighted by molar-refractivity contribution is 7.99. The van der Waals surface area contributed by atoms with E-state index in [1.54, 1.807) is 0 Å². The third kappa shape index (κ3) is 6.87. The van der Waals surface area contributed by atoms with Crippen LogP contribution < -0.4 is 10.6 Å². The molecule has 5 heteroatoms. The molecule has 21 heavy (non-hydrogen) atoms. The number of rotatable bonds is 8. The van der Waals surface area contributed by atoms with Crippen LogP contribution in [0.15, 0.2) is 24.3 Å². The number of urea groups is 1. The Morgan fingerprint density at radius 2 is 2.10 bits per heavy atom. The molecule has 3 N–H and O–H groups in total. The Bertz CT molecular complexity index is 440. The van der Waals surface area contributed by atoms with Crippen molar-refractivity contribution in [3.05, 3.63) is 35.4 Å². The van der Waals surface area contributed by atoms with Gasteiger partial charge in [-0.15, -0.1) is 0 Å². The number of carbonyl (C=O) groups is 1. The van der Waals surface area contributed by atoms with E-state index in [9.17, 15) is 9.90 Å². The van der Waals surface area contributed by atoms with Gasteiger partial charge in [0, 0.05) is 12.6 Å². The average molecular weight is 310 g/mol. The van der Waals surface area contributed by atoms with Crippen LogP contribution in [0.3, 0.4) is 0 Å². The van der Waals surface area contributed by atoms with Crippen molar-refractivity contribution in [3.63, 3.8) is 0 Å². The summed E-state index contributed by atoms with van der Waals surface area (Å²) < 4.78 is 0. The van der Waals surface area contributed by atoms with Crippen LogP contribution >= 0.6 is 11.8 Å². The number of aliphatic hydroxyl groups excluding tert-OH is 1. The Labute approximate surface area is 131 Å². The van der Waals surface area contributed by atoms with Crippen molar-refractivity contribution < 1.29 is 9.90 Å². The lowest BCUT2D eigenvalue weighted by Crippen LogP contribution is -2.42.